The van der Waals surface area contributed by atoms with Gasteiger partial charge in [-0.2, -0.15) is 0 Å². The van der Waals surface area contributed by atoms with E-state index in [0.717, 1.165) is 28.1 Å². The number of nitro benzene ring substituents is 1. The zero-order valence-electron chi connectivity index (χ0n) is 17.2. The largest absolute Gasteiger partial charge is 0.871 e. The van der Waals surface area contributed by atoms with Crippen LogP contribution in [0.2, 0.25) is 0 Å². The van der Waals surface area contributed by atoms with E-state index in [1.807, 2.05) is 50.2 Å². The summed E-state index contributed by atoms with van der Waals surface area (Å²) in [5.74, 6) is 0.876. The molecule has 0 radical (unpaired) electrons. The molecule has 4 rings (SSSR count). The van der Waals surface area contributed by atoms with Crippen molar-refractivity contribution in [1.82, 2.24) is 0 Å². The SMILES string of the molecule is COc1ccc(-c2cc(=Nc3cc([N+](=O)[O-])ccc3[O-])c3c(C)cc(C)cc3o2)cc1. The molecule has 0 N–H and O–H groups in total. The molecule has 156 valence electrons. The summed E-state index contributed by atoms with van der Waals surface area (Å²) in [6.07, 6.45) is 0. The van der Waals surface area contributed by atoms with Gasteiger partial charge < -0.3 is 14.3 Å². The van der Waals surface area contributed by atoms with Crippen LogP contribution in [0, 0.1) is 24.0 Å². The van der Waals surface area contributed by atoms with E-state index in [9.17, 15) is 15.2 Å². The van der Waals surface area contributed by atoms with Crippen molar-refractivity contribution >= 4 is 22.3 Å². The van der Waals surface area contributed by atoms with Crippen molar-refractivity contribution in [1.29, 1.82) is 0 Å². The van der Waals surface area contributed by atoms with Crippen molar-refractivity contribution in [3.63, 3.8) is 0 Å². The summed E-state index contributed by atoms with van der Waals surface area (Å²) in [6, 6.07) is 16.5. The van der Waals surface area contributed by atoms with Gasteiger partial charge in [0.25, 0.3) is 5.69 Å². The summed E-state index contributed by atoms with van der Waals surface area (Å²) in [7, 11) is 1.59. The average Bonchev–Trinajstić information content (AvgIpc) is 2.74. The summed E-state index contributed by atoms with van der Waals surface area (Å²) >= 11 is 0. The van der Waals surface area contributed by atoms with Gasteiger partial charge in [0.2, 0.25) is 0 Å². The first-order valence-electron chi connectivity index (χ1n) is 9.55. The summed E-state index contributed by atoms with van der Waals surface area (Å²) in [6.45, 7) is 3.90. The number of aryl methyl sites for hydroxylation is 2. The van der Waals surface area contributed by atoms with Crippen molar-refractivity contribution < 1.29 is 19.2 Å². The Morgan fingerprint density at radius 3 is 2.42 bits per heavy atom. The topological polar surface area (TPSA) is 101 Å². The highest BCUT2D eigenvalue weighted by Crippen LogP contribution is 2.30. The van der Waals surface area contributed by atoms with Crippen LogP contribution in [0.15, 0.2) is 70.1 Å². The lowest BCUT2D eigenvalue weighted by Gasteiger charge is -2.11. The molecule has 0 atom stereocenters. The predicted octanol–water partition coefficient (Wildman–Crippen LogP) is 4.94. The van der Waals surface area contributed by atoms with E-state index in [1.54, 1.807) is 13.2 Å². The third-order valence-corrected chi connectivity index (χ3v) is 4.96. The fraction of sp³-hybridized carbons (Fsp3) is 0.125. The van der Waals surface area contributed by atoms with Gasteiger partial charge in [-0.05, 0) is 55.3 Å². The van der Waals surface area contributed by atoms with Crippen LogP contribution in [-0.2, 0) is 0 Å². The fourth-order valence-corrected chi connectivity index (χ4v) is 3.50. The number of hydrogen-bond acceptors (Lipinski definition) is 6. The number of ether oxygens (including phenoxy) is 1. The second-order valence-electron chi connectivity index (χ2n) is 7.20. The number of hydrogen-bond donors (Lipinski definition) is 0. The molecular weight excluding hydrogens is 396 g/mol. The highest BCUT2D eigenvalue weighted by atomic mass is 16.6. The molecule has 1 heterocycles. The van der Waals surface area contributed by atoms with Gasteiger partial charge in [0.1, 0.15) is 17.1 Å². The molecule has 1 aromatic heterocycles. The van der Waals surface area contributed by atoms with E-state index in [1.165, 1.54) is 12.1 Å². The molecule has 0 saturated heterocycles. The maximum absolute atomic E-state index is 12.3. The zero-order valence-corrected chi connectivity index (χ0v) is 17.2. The predicted molar refractivity (Wildman–Crippen MR) is 115 cm³/mol. The third-order valence-electron chi connectivity index (χ3n) is 4.96. The van der Waals surface area contributed by atoms with Crippen molar-refractivity contribution in [3.8, 4) is 22.8 Å². The first kappa shape index (κ1) is 20.2. The maximum Gasteiger partial charge on any atom is 0.271 e. The van der Waals surface area contributed by atoms with Crippen LogP contribution in [0.25, 0.3) is 22.3 Å². The molecule has 0 saturated carbocycles. The molecule has 31 heavy (non-hydrogen) atoms. The Morgan fingerprint density at radius 1 is 1.00 bits per heavy atom. The Kier molecular flexibility index (Phi) is 5.17. The van der Waals surface area contributed by atoms with Crippen molar-refractivity contribution in [2.45, 2.75) is 13.8 Å². The number of benzene rings is 3. The van der Waals surface area contributed by atoms with Crippen LogP contribution in [0.4, 0.5) is 11.4 Å². The first-order valence-corrected chi connectivity index (χ1v) is 9.55. The Labute approximate surface area is 178 Å². The fourth-order valence-electron chi connectivity index (χ4n) is 3.50. The standard InChI is InChI=1S/C24H20N2O5/c1-14-10-15(2)24-20(25-19-12-17(26(28)29)6-9-21(19)27)13-22(31-23(24)11-14)16-4-7-18(30-3)8-5-16/h4-13,27H,1-3H3/p-1. The quantitative estimate of drug-likeness (QED) is 0.347. The van der Waals surface area contributed by atoms with Gasteiger partial charge in [0.15, 0.2) is 0 Å². The highest BCUT2D eigenvalue weighted by Gasteiger charge is 2.11. The smallest absolute Gasteiger partial charge is 0.271 e. The Balaban J connectivity index is 2.02. The molecular formula is C24H19N2O5-. The number of non-ortho nitro benzene ring substituents is 1. The maximum atomic E-state index is 12.3. The number of rotatable bonds is 4. The normalized spacial score (nSPS) is 11.6. The van der Waals surface area contributed by atoms with E-state index in [2.05, 4.69) is 4.99 Å². The molecule has 0 bridgehead atoms. The van der Waals surface area contributed by atoms with Crippen LogP contribution >= 0.6 is 0 Å². The molecule has 0 aliphatic carbocycles. The number of nitrogens with zero attached hydrogens (tertiary/aromatic N) is 2. The molecule has 0 aliphatic heterocycles. The van der Waals surface area contributed by atoms with Crippen molar-refractivity contribution in [3.05, 3.63) is 87.3 Å². The van der Waals surface area contributed by atoms with Crippen LogP contribution in [0.3, 0.4) is 0 Å². The van der Waals surface area contributed by atoms with Gasteiger partial charge in [0.05, 0.1) is 23.1 Å². The van der Waals surface area contributed by atoms with Gasteiger partial charge >= 0.3 is 0 Å². The van der Waals surface area contributed by atoms with Crippen LogP contribution < -0.4 is 15.2 Å². The van der Waals surface area contributed by atoms with Gasteiger partial charge in [0, 0.05) is 29.1 Å². The van der Waals surface area contributed by atoms with Crippen LogP contribution in [0.1, 0.15) is 11.1 Å². The van der Waals surface area contributed by atoms with E-state index >= 15 is 0 Å². The lowest BCUT2D eigenvalue weighted by Crippen LogP contribution is -2.06. The van der Waals surface area contributed by atoms with Gasteiger partial charge in [-0.3, -0.25) is 10.1 Å². The van der Waals surface area contributed by atoms with E-state index in [-0.39, 0.29) is 11.4 Å². The molecule has 7 heteroatoms. The van der Waals surface area contributed by atoms with E-state index in [4.69, 9.17) is 9.15 Å². The van der Waals surface area contributed by atoms with Gasteiger partial charge in [-0.1, -0.05) is 17.9 Å². The second kappa shape index (κ2) is 7.95. The van der Waals surface area contributed by atoms with Crippen LogP contribution in [-0.4, -0.2) is 12.0 Å². The number of nitro groups is 1. The minimum absolute atomic E-state index is 0.00218. The summed E-state index contributed by atoms with van der Waals surface area (Å²) < 4.78 is 11.4. The van der Waals surface area contributed by atoms with Gasteiger partial charge in [-0.15, -0.1) is 0 Å². The Hall–Kier alpha value is -4.13. The second-order valence-corrected chi connectivity index (χ2v) is 7.20. The average molecular weight is 415 g/mol. The van der Waals surface area contributed by atoms with Crippen molar-refractivity contribution in [2.24, 2.45) is 4.99 Å². The minimum Gasteiger partial charge on any atom is -0.871 e. The monoisotopic (exact) mass is 415 g/mol. The summed E-state index contributed by atoms with van der Waals surface area (Å²) in [5, 5.41) is 24.7. The molecule has 0 spiro atoms. The lowest BCUT2D eigenvalue weighted by atomic mass is 10.0. The summed E-state index contributed by atoms with van der Waals surface area (Å²) in [4.78, 5) is 15.1. The Bertz CT molecular complexity index is 1370. The molecule has 0 fully saturated rings. The van der Waals surface area contributed by atoms with E-state index in [0.29, 0.717) is 22.5 Å². The third kappa shape index (κ3) is 3.98. The lowest BCUT2D eigenvalue weighted by molar-refractivity contribution is -0.385. The van der Waals surface area contributed by atoms with Crippen LogP contribution in [0.5, 0.6) is 11.5 Å². The first-order chi connectivity index (χ1) is 14.9. The highest BCUT2D eigenvalue weighted by molar-refractivity contribution is 5.83. The molecule has 0 aliphatic rings. The van der Waals surface area contributed by atoms with E-state index < -0.39 is 10.7 Å². The Morgan fingerprint density at radius 2 is 1.74 bits per heavy atom. The zero-order chi connectivity index (χ0) is 22.1. The molecule has 3 aromatic carbocycles. The molecule has 7 nitrogen and oxygen atoms in total. The number of fused-ring (bicyclic) bond motifs is 1. The molecule has 4 aromatic rings. The number of methoxy groups -OCH3 is 1. The van der Waals surface area contributed by atoms with Gasteiger partial charge in [-0.25, -0.2) is 4.99 Å². The van der Waals surface area contributed by atoms with Crippen molar-refractivity contribution in [2.75, 3.05) is 7.11 Å². The minimum atomic E-state index is -0.547. The summed E-state index contributed by atoms with van der Waals surface area (Å²) in [5.41, 5.74) is 3.18. The molecule has 0 unspecified atom stereocenters. The molecule has 0 amide bonds.